The average molecular weight is 481 g/mol. The van der Waals surface area contributed by atoms with Gasteiger partial charge in [0.25, 0.3) is 5.56 Å². The Kier molecular flexibility index (Phi) is 5.64. The van der Waals surface area contributed by atoms with Crippen LogP contribution in [0.25, 0.3) is 34.7 Å². The van der Waals surface area contributed by atoms with Crippen LogP contribution < -0.4 is 5.56 Å². The molecule has 0 bridgehead atoms. The minimum absolute atomic E-state index is 0.115. The molecule has 0 spiro atoms. The number of nitrogens with zero attached hydrogens (tertiary/aromatic N) is 3. The smallest absolute Gasteiger partial charge is 0.423 e. The van der Waals surface area contributed by atoms with Crippen LogP contribution in [0.5, 0.6) is 5.88 Å². The predicted molar refractivity (Wildman–Crippen MR) is 141 cm³/mol. The lowest BCUT2D eigenvalue weighted by Crippen LogP contribution is -2.27. The molecule has 2 aromatic carbocycles. The molecule has 0 radical (unpaired) electrons. The first-order chi connectivity index (χ1) is 17.2. The number of fused-ring (bicyclic) bond motifs is 2. The zero-order valence-corrected chi connectivity index (χ0v) is 20.0. The number of carbonyl (C=O) groups is 1. The summed E-state index contributed by atoms with van der Waals surface area (Å²) in [6.45, 7) is 5.20. The lowest BCUT2D eigenvalue weighted by Gasteiger charge is -2.20. The second kappa shape index (κ2) is 8.81. The van der Waals surface area contributed by atoms with E-state index in [1.54, 1.807) is 45.2 Å². The Labute approximate surface area is 206 Å². The highest BCUT2D eigenvalue weighted by molar-refractivity contribution is 6.21. The molecule has 0 saturated heterocycles. The number of pyridine rings is 1. The number of aliphatic imine (C=N–C) groups is 1. The van der Waals surface area contributed by atoms with E-state index < -0.39 is 11.7 Å². The van der Waals surface area contributed by atoms with Crippen molar-refractivity contribution in [2.45, 2.75) is 26.4 Å². The number of nitrogens with one attached hydrogen (secondary N) is 1. The highest BCUT2D eigenvalue weighted by Crippen LogP contribution is 2.34. The van der Waals surface area contributed by atoms with Crippen LogP contribution in [0.4, 0.5) is 10.5 Å². The summed E-state index contributed by atoms with van der Waals surface area (Å²) in [7, 11) is 0. The number of imidazole rings is 1. The van der Waals surface area contributed by atoms with Gasteiger partial charge in [0.2, 0.25) is 5.88 Å². The van der Waals surface area contributed by atoms with Gasteiger partial charge in [-0.1, -0.05) is 36.4 Å². The number of para-hydroxylation sites is 2. The van der Waals surface area contributed by atoms with E-state index in [1.807, 2.05) is 48.5 Å². The summed E-state index contributed by atoms with van der Waals surface area (Å²) in [6.07, 6.45) is 5.61. The first-order valence-corrected chi connectivity index (χ1v) is 11.4. The van der Waals surface area contributed by atoms with Gasteiger partial charge in [-0.05, 0) is 62.6 Å². The Bertz CT molecular complexity index is 1650. The average Bonchev–Trinajstić information content (AvgIpc) is 3.37. The molecule has 0 atom stereocenters. The van der Waals surface area contributed by atoms with Crippen LogP contribution in [0.1, 0.15) is 43.4 Å². The fourth-order valence-electron chi connectivity index (χ4n) is 3.90. The lowest BCUT2D eigenvalue weighted by atomic mass is 10.1. The summed E-state index contributed by atoms with van der Waals surface area (Å²) in [4.78, 5) is 37.3. The number of benzene rings is 2. The van der Waals surface area contributed by atoms with E-state index in [2.05, 4.69) is 15.0 Å². The molecular weight excluding hydrogens is 456 g/mol. The third-order valence-electron chi connectivity index (χ3n) is 5.53. The predicted octanol–water partition coefficient (Wildman–Crippen LogP) is 5.64. The molecule has 2 aromatic heterocycles. The summed E-state index contributed by atoms with van der Waals surface area (Å²) in [5.41, 5.74) is 2.64. The zero-order valence-electron chi connectivity index (χ0n) is 20.0. The van der Waals surface area contributed by atoms with Gasteiger partial charge >= 0.3 is 6.09 Å². The summed E-state index contributed by atoms with van der Waals surface area (Å²) < 4.78 is 6.48. The molecule has 1 aliphatic rings. The van der Waals surface area contributed by atoms with Crippen molar-refractivity contribution >= 4 is 52.7 Å². The number of ether oxygens (including phenoxy) is 1. The van der Waals surface area contributed by atoms with Gasteiger partial charge in [0, 0.05) is 28.4 Å². The van der Waals surface area contributed by atoms with E-state index in [9.17, 15) is 14.7 Å². The van der Waals surface area contributed by atoms with Crippen LogP contribution in [-0.4, -0.2) is 37.6 Å². The molecule has 180 valence electrons. The highest BCUT2D eigenvalue weighted by atomic mass is 16.6. The molecule has 2 N–H and O–H groups in total. The van der Waals surface area contributed by atoms with Crippen LogP contribution >= 0.6 is 0 Å². The molecule has 0 aliphatic carbocycles. The Balaban J connectivity index is 1.59. The number of carbonyl (C=O) groups excluding carboxylic acids is 1. The highest BCUT2D eigenvalue weighted by Gasteiger charge is 2.25. The molecule has 1 aliphatic heterocycles. The first-order valence-electron chi connectivity index (χ1n) is 11.4. The van der Waals surface area contributed by atoms with Crippen molar-refractivity contribution < 1.29 is 14.6 Å². The van der Waals surface area contributed by atoms with E-state index >= 15 is 0 Å². The molecule has 0 saturated carbocycles. The van der Waals surface area contributed by atoms with Gasteiger partial charge in [-0.3, -0.25) is 9.79 Å². The van der Waals surface area contributed by atoms with Crippen molar-refractivity contribution in [3.8, 4) is 5.88 Å². The van der Waals surface area contributed by atoms with Crippen molar-refractivity contribution in [2.75, 3.05) is 0 Å². The Morgan fingerprint density at radius 2 is 1.83 bits per heavy atom. The number of rotatable bonds is 3. The standard InChI is InChI=1S/C28H24N4O4/c1-28(2,3)36-27(35)32-24(13-12-18-14-17-8-4-6-10-21(17)31-25(18)33)30-23(26(32)34)15-19-16-29-22-11-7-5-9-20(19)22/h4-16,34H,1-3H3,(H,31,33)/b13-12+,19-15?. The molecule has 3 heterocycles. The van der Waals surface area contributed by atoms with E-state index in [-0.39, 0.29) is 23.0 Å². The second-order valence-corrected chi connectivity index (χ2v) is 9.34. The van der Waals surface area contributed by atoms with Crippen molar-refractivity contribution in [2.24, 2.45) is 4.99 Å². The summed E-state index contributed by atoms with van der Waals surface area (Å²) in [5, 5.41) is 11.8. The minimum Gasteiger partial charge on any atom is -0.493 e. The number of hydrogen-bond acceptors (Lipinski definition) is 6. The van der Waals surface area contributed by atoms with Crippen LogP contribution in [0.3, 0.4) is 0 Å². The largest absolute Gasteiger partial charge is 0.493 e. The summed E-state index contributed by atoms with van der Waals surface area (Å²) in [5.74, 6) is -0.258. The Morgan fingerprint density at radius 3 is 2.64 bits per heavy atom. The van der Waals surface area contributed by atoms with Crippen LogP contribution in [0.2, 0.25) is 0 Å². The molecule has 36 heavy (non-hydrogen) atoms. The summed E-state index contributed by atoms with van der Waals surface area (Å²) >= 11 is 0. The van der Waals surface area contributed by atoms with Crippen molar-refractivity contribution in [1.29, 1.82) is 0 Å². The lowest BCUT2D eigenvalue weighted by molar-refractivity contribution is 0.0524. The topological polar surface area (TPSA) is 110 Å². The molecule has 4 aromatic rings. The van der Waals surface area contributed by atoms with Gasteiger partial charge in [0.1, 0.15) is 17.1 Å². The fraction of sp³-hybridized carbons (Fsp3) is 0.143. The number of aromatic nitrogens is 3. The van der Waals surface area contributed by atoms with Gasteiger partial charge in [0.05, 0.1) is 5.69 Å². The van der Waals surface area contributed by atoms with E-state index in [0.717, 1.165) is 32.3 Å². The fourth-order valence-corrected chi connectivity index (χ4v) is 3.90. The van der Waals surface area contributed by atoms with Gasteiger partial charge in [-0.2, -0.15) is 4.57 Å². The normalized spacial score (nSPS) is 14.1. The van der Waals surface area contributed by atoms with Gasteiger partial charge in [-0.15, -0.1) is 0 Å². The molecule has 5 rings (SSSR count). The maximum atomic E-state index is 13.0. The van der Waals surface area contributed by atoms with Crippen molar-refractivity contribution in [1.82, 2.24) is 14.5 Å². The van der Waals surface area contributed by atoms with Crippen LogP contribution in [0.15, 0.2) is 64.4 Å². The molecular formula is C28H24N4O4. The second-order valence-electron chi connectivity index (χ2n) is 9.34. The van der Waals surface area contributed by atoms with E-state index in [1.165, 1.54) is 6.08 Å². The maximum absolute atomic E-state index is 13.0. The first kappa shape index (κ1) is 23.0. The quantitative estimate of drug-likeness (QED) is 0.394. The third-order valence-corrected chi connectivity index (χ3v) is 5.53. The monoisotopic (exact) mass is 480 g/mol. The van der Waals surface area contributed by atoms with Gasteiger partial charge in [0.15, 0.2) is 0 Å². The number of hydrogen-bond donors (Lipinski definition) is 2. The molecule has 8 heteroatoms. The maximum Gasteiger partial charge on any atom is 0.423 e. The minimum atomic E-state index is -0.792. The number of H-pyrrole nitrogens is 1. The number of aromatic amines is 1. The van der Waals surface area contributed by atoms with E-state index in [4.69, 9.17) is 4.74 Å². The SMILES string of the molecule is CC(C)(C)OC(=O)n1c(/C=C/c2cc3ccccc3[nH]c2=O)nc(C=C2C=Nc3ccccc32)c1O. The van der Waals surface area contributed by atoms with Crippen LogP contribution in [0, 0.1) is 0 Å². The molecule has 0 fully saturated rings. The molecule has 0 unspecified atom stereocenters. The summed E-state index contributed by atoms with van der Waals surface area (Å²) in [6, 6.07) is 16.8. The number of allylic oxidation sites excluding steroid dienone is 1. The van der Waals surface area contributed by atoms with Gasteiger partial charge < -0.3 is 14.8 Å². The van der Waals surface area contributed by atoms with E-state index in [0.29, 0.717) is 5.56 Å². The van der Waals surface area contributed by atoms with Crippen molar-refractivity contribution in [3.05, 3.63) is 87.6 Å². The van der Waals surface area contributed by atoms with Crippen molar-refractivity contribution in [3.63, 3.8) is 0 Å². The molecule has 8 nitrogen and oxygen atoms in total. The Hall–Kier alpha value is -4.72. The molecule has 0 amide bonds. The zero-order chi connectivity index (χ0) is 25.4. The van der Waals surface area contributed by atoms with Crippen LogP contribution in [-0.2, 0) is 4.74 Å². The third kappa shape index (κ3) is 4.48. The van der Waals surface area contributed by atoms with Gasteiger partial charge in [-0.25, -0.2) is 9.78 Å². The number of aromatic hydroxyl groups is 1. The Morgan fingerprint density at radius 1 is 1.08 bits per heavy atom.